The van der Waals surface area contributed by atoms with Crippen LogP contribution in [0.25, 0.3) is 0 Å². The zero-order valence-electron chi connectivity index (χ0n) is 10.4. The molecule has 94 valence electrons. The highest BCUT2D eigenvalue weighted by Gasteiger charge is 2.06. The molecule has 0 atom stereocenters. The fourth-order valence-electron chi connectivity index (χ4n) is 1.63. The minimum absolute atomic E-state index is 0.191. The number of aryl methyl sites for hydroxylation is 3. The van der Waals surface area contributed by atoms with Crippen molar-refractivity contribution in [1.29, 1.82) is 0 Å². The van der Waals surface area contributed by atoms with E-state index in [1.165, 1.54) is 0 Å². The SMILES string of the molecule is Cc1cnc(Nc2cc(C)c(F)c(C)c2)nc1Cl. The summed E-state index contributed by atoms with van der Waals surface area (Å²) in [6, 6.07) is 3.42. The summed E-state index contributed by atoms with van der Waals surface area (Å²) in [5.41, 5.74) is 2.71. The molecule has 0 unspecified atom stereocenters. The zero-order chi connectivity index (χ0) is 13.3. The van der Waals surface area contributed by atoms with E-state index in [1.54, 1.807) is 32.2 Å². The van der Waals surface area contributed by atoms with Gasteiger partial charge >= 0.3 is 0 Å². The second-order valence-corrected chi connectivity index (χ2v) is 4.57. The van der Waals surface area contributed by atoms with E-state index in [9.17, 15) is 4.39 Å². The van der Waals surface area contributed by atoms with Crippen LogP contribution in [0.1, 0.15) is 16.7 Å². The molecule has 0 fully saturated rings. The van der Waals surface area contributed by atoms with E-state index in [4.69, 9.17) is 11.6 Å². The van der Waals surface area contributed by atoms with Crippen LogP contribution in [0.3, 0.4) is 0 Å². The van der Waals surface area contributed by atoms with E-state index in [1.807, 2.05) is 6.92 Å². The van der Waals surface area contributed by atoms with Crippen molar-refractivity contribution in [2.75, 3.05) is 5.32 Å². The second kappa shape index (κ2) is 4.90. The first-order chi connectivity index (χ1) is 8.47. The molecule has 0 saturated heterocycles. The summed E-state index contributed by atoms with van der Waals surface area (Å²) in [6.07, 6.45) is 1.64. The number of hydrogen-bond acceptors (Lipinski definition) is 3. The van der Waals surface area contributed by atoms with Crippen molar-refractivity contribution in [2.45, 2.75) is 20.8 Å². The number of rotatable bonds is 2. The normalized spacial score (nSPS) is 10.5. The van der Waals surface area contributed by atoms with Crippen LogP contribution < -0.4 is 5.32 Å². The number of nitrogens with zero attached hydrogens (tertiary/aromatic N) is 2. The van der Waals surface area contributed by atoms with E-state index in [0.29, 0.717) is 22.2 Å². The van der Waals surface area contributed by atoms with Crippen molar-refractivity contribution >= 4 is 23.2 Å². The number of anilines is 2. The van der Waals surface area contributed by atoms with Gasteiger partial charge in [-0.3, -0.25) is 0 Å². The number of halogens is 2. The van der Waals surface area contributed by atoms with Gasteiger partial charge in [0.1, 0.15) is 11.0 Å². The molecule has 3 nitrogen and oxygen atoms in total. The van der Waals surface area contributed by atoms with Crippen molar-refractivity contribution < 1.29 is 4.39 Å². The predicted octanol–water partition coefficient (Wildman–Crippen LogP) is 3.94. The largest absolute Gasteiger partial charge is 0.324 e. The van der Waals surface area contributed by atoms with Crippen molar-refractivity contribution in [2.24, 2.45) is 0 Å². The first-order valence-corrected chi connectivity index (χ1v) is 5.88. The summed E-state index contributed by atoms with van der Waals surface area (Å²) < 4.78 is 13.5. The molecule has 0 aliphatic carbocycles. The van der Waals surface area contributed by atoms with Gasteiger partial charge in [0.15, 0.2) is 0 Å². The van der Waals surface area contributed by atoms with E-state index >= 15 is 0 Å². The van der Waals surface area contributed by atoms with Crippen molar-refractivity contribution in [3.63, 3.8) is 0 Å². The Labute approximate surface area is 110 Å². The van der Waals surface area contributed by atoms with Crippen molar-refractivity contribution in [1.82, 2.24) is 9.97 Å². The third-order valence-electron chi connectivity index (χ3n) is 2.60. The topological polar surface area (TPSA) is 37.8 Å². The van der Waals surface area contributed by atoms with Gasteiger partial charge in [0.25, 0.3) is 0 Å². The Morgan fingerprint density at radius 3 is 2.28 bits per heavy atom. The molecule has 0 saturated carbocycles. The molecule has 1 N–H and O–H groups in total. The Bertz CT molecular complexity index is 576. The van der Waals surface area contributed by atoms with E-state index in [2.05, 4.69) is 15.3 Å². The highest BCUT2D eigenvalue weighted by molar-refractivity contribution is 6.30. The number of hydrogen-bond donors (Lipinski definition) is 1. The predicted molar refractivity (Wildman–Crippen MR) is 70.9 cm³/mol. The molecule has 2 aromatic rings. The quantitative estimate of drug-likeness (QED) is 0.836. The number of benzene rings is 1. The third-order valence-corrected chi connectivity index (χ3v) is 2.99. The van der Waals surface area contributed by atoms with Crippen LogP contribution in [0.4, 0.5) is 16.0 Å². The summed E-state index contributed by atoms with van der Waals surface area (Å²) >= 11 is 5.92. The van der Waals surface area contributed by atoms with Gasteiger partial charge in [0, 0.05) is 17.4 Å². The molecule has 0 aliphatic rings. The van der Waals surface area contributed by atoms with Gasteiger partial charge in [0.05, 0.1) is 0 Å². The molecule has 0 spiro atoms. The van der Waals surface area contributed by atoms with Gasteiger partial charge in [-0.1, -0.05) is 11.6 Å². The van der Waals surface area contributed by atoms with Crippen LogP contribution in [0.2, 0.25) is 5.15 Å². The van der Waals surface area contributed by atoms with Crippen LogP contribution in [0, 0.1) is 26.6 Å². The maximum absolute atomic E-state index is 13.5. The summed E-state index contributed by atoms with van der Waals surface area (Å²) in [7, 11) is 0. The second-order valence-electron chi connectivity index (χ2n) is 4.22. The Hall–Kier alpha value is -1.68. The summed E-state index contributed by atoms with van der Waals surface area (Å²) in [5, 5.41) is 3.41. The summed E-state index contributed by atoms with van der Waals surface area (Å²) in [6.45, 7) is 5.27. The average molecular weight is 266 g/mol. The average Bonchev–Trinajstić information content (AvgIpc) is 2.31. The van der Waals surface area contributed by atoms with Gasteiger partial charge < -0.3 is 5.32 Å². The highest BCUT2D eigenvalue weighted by Crippen LogP contribution is 2.21. The molecule has 0 amide bonds. The fraction of sp³-hybridized carbons (Fsp3) is 0.231. The lowest BCUT2D eigenvalue weighted by Crippen LogP contribution is -2.00. The van der Waals surface area contributed by atoms with Gasteiger partial charge in [-0.05, 0) is 44.0 Å². The Kier molecular flexibility index (Phi) is 3.48. The molecular formula is C13H13ClFN3. The van der Waals surface area contributed by atoms with E-state index in [-0.39, 0.29) is 5.82 Å². The molecule has 0 aliphatic heterocycles. The summed E-state index contributed by atoms with van der Waals surface area (Å²) in [4.78, 5) is 8.21. The summed E-state index contributed by atoms with van der Waals surface area (Å²) in [5.74, 6) is 0.208. The Morgan fingerprint density at radius 1 is 1.11 bits per heavy atom. The van der Waals surface area contributed by atoms with Gasteiger partial charge in [-0.25, -0.2) is 14.4 Å². The smallest absolute Gasteiger partial charge is 0.228 e. The minimum atomic E-state index is -0.191. The van der Waals surface area contributed by atoms with Crippen LogP contribution in [0.5, 0.6) is 0 Å². The Balaban J connectivity index is 2.31. The maximum atomic E-state index is 13.5. The molecule has 18 heavy (non-hydrogen) atoms. The molecule has 2 rings (SSSR count). The maximum Gasteiger partial charge on any atom is 0.228 e. The molecule has 0 radical (unpaired) electrons. The first-order valence-electron chi connectivity index (χ1n) is 5.50. The lowest BCUT2D eigenvalue weighted by atomic mass is 10.1. The van der Waals surface area contributed by atoms with Crippen LogP contribution >= 0.6 is 11.6 Å². The zero-order valence-corrected chi connectivity index (χ0v) is 11.1. The lowest BCUT2D eigenvalue weighted by Gasteiger charge is -2.09. The molecule has 1 aromatic carbocycles. The molecular weight excluding hydrogens is 253 g/mol. The minimum Gasteiger partial charge on any atom is -0.324 e. The Morgan fingerprint density at radius 2 is 1.72 bits per heavy atom. The standard InChI is InChI=1S/C13H13ClFN3/c1-7-4-10(5-8(2)11(7)15)17-13-16-6-9(3)12(14)18-13/h4-6H,1-3H3,(H,16,17,18). The van der Waals surface area contributed by atoms with Crippen LogP contribution in [-0.4, -0.2) is 9.97 Å². The van der Waals surface area contributed by atoms with Crippen molar-refractivity contribution in [3.8, 4) is 0 Å². The monoisotopic (exact) mass is 265 g/mol. The fourth-order valence-corrected chi connectivity index (χ4v) is 1.76. The van der Waals surface area contributed by atoms with E-state index < -0.39 is 0 Å². The molecule has 1 aromatic heterocycles. The van der Waals surface area contributed by atoms with Crippen molar-refractivity contribution in [3.05, 3.63) is 46.0 Å². The lowest BCUT2D eigenvalue weighted by molar-refractivity contribution is 0.609. The first kappa shape index (κ1) is 12.8. The van der Waals surface area contributed by atoms with Gasteiger partial charge in [-0.2, -0.15) is 0 Å². The third kappa shape index (κ3) is 2.59. The molecule has 0 bridgehead atoms. The van der Waals surface area contributed by atoms with Crippen LogP contribution in [0.15, 0.2) is 18.3 Å². The number of aromatic nitrogens is 2. The van der Waals surface area contributed by atoms with E-state index in [0.717, 1.165) is 11.3 Å². The number of nitrogens with one attached hydrogen (secondary N) is 1. The van der Waals surface area contributed by atoms with Gasteiger partial charge in [0.2, 0.25) is 5.95 Å². The highest BCUT2D eigenvalue weighted by atomic mass is 35.5. The van der Waals surface area contributed by atoms with Crippen LogP contribution in [-0.2, 0) is 0 Å². The molecule has 1 heterocycles. The molecule has 5 heteroatoms. The van der Waals surface area contributed by atoms with Gasteiger partial charge in [-0.15, -0.1) is 0 Å².